The molecule has 1 atom stereocenters. The molecule has 21 heavy (non-hydrogen) atoms. The summed E-state index contributed by atoms with van der Waals surface area (Å²) in [7, 11) is -2.04. The molecule has 0 aromatic heterocycles. The second-order valence-corrected chi connectivity index (χ2v) is 6.77. The monoisotopic (exact) mass is 305 g/mol. The molecule has 0 radical (unpaired) electrons. The highest BCUT2D eigenvalue weighted by Gasteiger charge is 2.28. The van der Waals surface area contributed by atoms with Crippen molar-refractivity contribution in [3.8, 4) is 0 Å². The molecular weight excluding hydrogens is 286 g/mol. The van der Waals surface area contributed by atoms with Gasteiger partial charge in [-0.05, 0) is 24.1 Å². The fourth-order valence-electron chi connectivity index (χ4n) is 2.28. The van der Waals surface area contributed by atoms with Crippen molar-refractivity contribution in [3.05, 3.63) is 66.2 Å². The molecule has 0 heterocycles. The molecule has 0 amide bonds. The number of aliphatic hydroxyl groups is 1. The predicted molar refractivity (Wildman–Crippen MR) is 82.3 cm³/mol. The average molecular weight is 305 g/mol. The number of benzene rings is 2. The molecule has 1 unspecified atom stereocenters. The van der Waals surface area contributed by atoms with Crippen LogP contribution in [0.4, 0.5) is 0 Å². The molecule has 4 nitrogen and oxygen atoms in total. The molecule has 2 rings (SSSR count). The molecule has 5 heteroatoms. The number of rotatable bonds is 6. The van der Waals surface area contributed by atoms with Gasteiger partial charge in [0, 0.05) is 13.7 Å². The van der Waals surface area contributed by atoms with Gasteiger partial charge in [-0.15, -0.1) is 0 Å². The summed E-state index contributed by atoms with van der Waals surface area (Å²) in [6.07, 6.45) is 0.354. The topological polar surface area (TPSA) is 57.6 Å². The van der Waals surface area contributed by atoms with E-state index in [1.165, 1.54) is 4.31 Å². The van der Waals surface area contributed by atoms with Crippen molar-refractivity contribution in [2.45, 2.75) is 17.4 Å². The lowest BCUT2D eigenvalue weighted by Crippen LogP contribution is -2.32. The average Bonchev–Trinajstić information content (AvgIpc) is 2.53. The Morgan fingerprint density at radius 3 is 2.05 bits per heavy atom. The normalized spacial score (nSPS) is 13.3. The Morgan fingerprint density at radius 2 is 1.52 bits per heavy atom. The quantitative estimate of drug-likeness (QED) is 0.892. The molecule has 0 aliphatic rings. The van der Waals surface area contributed by atoms with Crippen molar-refractivity contribution < 1.29 is 13.5 Å². The summed E-state index contributed by atoms with van der Waals surface area (Å²) >= 11 is 0. The Morgan fingerprint density at radius 1 is 1.00 bits per heavy atom. The zero-order valence-corrected chi connectivity index (χ0v) is 12.7. The second-order valence-electron chi connectivity index (χ2n) is 4.77. The van der Waals surface area contributed by atoms with E-state index in [-0.39, 0.29) is 17.5 Å². The van der Waals surface area contributed by atoms with E-state index in [0.29, 0.717) is 6.42 Å². The summed E-state index contributed by atoms with van der Waals surface area (Å²) in [6, 6.07) is 17.3. The number of hydrogen-bond acceptors (Lipinski definition) is 3. The fraction of sp³-hybridized carbons (Fsp3) is 0.250. The maximum Gasteiger partial charge on any atom is 0.243 e. The van der Waals surface area contributed by atoms with Gasteiger partial charge in [0.15, 0.2) is 0 Å². The van der Waals surface area contributed by atoms with Crippen LogP contribution in [0.5, 0.6) is 0 Å². The van der Waals surface area contributed by atoms with Crippen molar-refractivity contribution in [3.63, 3.8) is 0 Å². The summed E-state index contributed by atoms with van der Waals surface area (Å²) in [4.78, 5) is 0.256. The summed E-state index contributed by atoms with van der Waals surface area (Å²) in [6.45, 7) is -0.0752. The van der Waals surface area contributed by atoms with Gasteiger partial charge in [0.25, 0.3) is 0 Å². The number of hydrogen-bond donors (Lipinski definition) is 1. The Bertz CT molecular complexity index is 656. The van der Waals surface area contributed by atoms with Crippen molar-refractivity contribution in [1.29, 1.82) is 0 Å². The van der Waals surface area contributed by atoms with Gasteiger partial charge in [0.05, 0.1) is 10.9 Å². The first-order chi connectivity index (χ1) is 10.1. The van der Waals surface area contributed by atoms with Gasteiger partial charge < -0.3 is 5.11 Å². The highest BCUT2D eigenvalue weighted by atomic mass is 32.2. The van der Waals surface area contributed by atoms with Crippen molar-refractivity contribution in [2.24, 2.45) is 0 Å². The third kappa shape index (κ3) is 3.50. The molecular formula is C16H19NO3S. The largest absolute Gasteiger partial charge is 0.396 e. The minimum atomic E-state index is -3.59. The van der Waals surface area contributed by atoms with Gasteiger partial charge in [-0.3, -0.25) is 0 Å². The van der Waals surface area contributed by atoms with Gasteiger partial charge in [0.2, 0.25) is 10.0 Å². The Labute approximate surface area is 125 Å². The first kappa shape index (κ1) is 15.7. The van der Waals surface area contributed by atoms with Crippen LogP contribution in [0.3, 0.4) is 0 Å². The lowest BCUT2D eigenvalue weighted by atomic mass is 10.0. The lowest BCUT2D eigenvalue weighted by molar-refractivity contribution is 0.240. The summed E-state index contributed by atoms with van der Waals surface area (Å²) in [5.41, 5.74) is 0.869. The fourth-order valence-corrected chi connectivity index (χ4v) is 3.68. The number of nitrogens with zero attached hydrogens (tertiary/aromatic N) is 1. The van der Waals surface area contributed by atoms with E-state index in [1.54, 1.807) is 37.4 Å². The minimum Gasteiger partial charge on any atom is -0.396 e. The molecule has 112 valence electrons. The van der Waals surface area contributed by atoms with E-state index >= 15 is 0 Å². The van der Waals surface area contributed by atoms with Crippen LogP contribution < -0.4 is 0 Å². The van der Waals surface area contributed by atoms with E-state index in [9.17, 15) is 13.5 Å². The zero-order valence-electron chi connectivity index (χ0n) is 11.9. The van der Waals surface area contributed by atoms with E-state index < -0.39 is 10.0 Å². The highest BCUT2D eigenvalue weighted by Crippen LogP contribution is 2.28. The third-order valence-corrected chi connectivity index (χ3v) is 5.33. The van der Waals surface area contributed by atoms with Gasteiger partial charge in [-0.2, -0.15) is 4.31 Å². The smallest absolute Gasteiger partial charge is 0.243 e. The number of aliphatic hydroxyl groups excluding tert-OH is 1. The van der Waals surface area contributed by atoms with E-state index in [4.69, 9.17) is 0 Å². The molecule has 0 saturated carbocycles. The van der Waals surface area contributed by atoms with E-state index in [1.807, 2.05) is 30.3 Å². The first-order valence-electron chi connectivity index (χ1n) is 6.76. The lowest BCUT2D eigenvalue weighted by Gasteiger charge is -2.27. The Hall–Kier alpha value is -1.69. The standard InChI is InChI=1S/C16H19NO3S/c1-17(21(19,20)15-10-6-3-7-11-15)16(12-13-18)14-8-4-2-5-9-14/h2-11,16,18H,12-13H2,1H3. The van der Waals surface area contributed by atoms with Crippen LogP contribution in [-0.2, 0) is 10.0 Å². The van der Waals surface area contributed by atoms with Crippen molar-refractivity contribution in [2.75, 3.05) is 13.7 Å². The molecule has 0 spiro atoms. The van der Waals surface area contributed by atoms with Crippen LogP contribution in [-0.4, -0.2) is 31.5 Å². The Kier molecular flexibility index (Phi) is 5.12. The van der Waals surface area contributed by atoms with Crippen LogP contribution in [0.2, 0.25) is 0 Å². The van der Waals surface area contributed by atoms with Crippen LogP contribution in [0.1, 0.15) is 18.0 Å². The summed E-state index contributed by atoms with van der Waals surface area (Å²) < 4.78 is 26.7. The molecule has 0 aliphatic carbocycles. The second kappa shape index (κ2) is 6.85. The first-order valence-corrected chi connectivity index (χ1v) is 8.20. The minimum absolute atomic E-state index is 0.0752. The van der Waals surface area contributed by atoms with E-state index in [2.05, 4.69) is 0 Å². The van der Waals surface area contributed by atoms with Gasteiger partial charge in [-0.1, -0.05) is 48.5 Å². The number of sulfonamides is 1. The molecule has 2 aromatic carbocycles. The van der Waals surface area contributed by atoms with Crippen molar-refractivity contribution in [1.82, 2.24) is 4.31 Å². The zero-order chi connectivity index (χ0) is 15.3. The molecule has 0 aliphatic heterocycles. The highest BCUT2D eigenvalue weighted by molar-refractivity contribution is 7.89. The van der Waals surface area contributed by atoms with Gasteiger partial charge >= 0.3 is 0 Å². The maximum atomic E-state index is 12.7. The van der Waals surface area contributed by atoms with Crippen LogP contribution >= 0.6 is 0 Å². The maximum absolute atomic E-state index is 12.7. The van der Waals surface area contributed by atoms with Gasteiger partial charge in [-0.25, -0.2) is 8.42 Å². The third-order valence-electron chi connectivity index (χ3n) is 3.45. The van der Waals surface area contributed by atoms with Gasteiger partial charge in [0.1, 0.15) is 0 Å². The molecule has 0 bridgehead atoms. The molecule has 0 saturated heterocycles. The van der Waals surface area contributed by atoms with Crippen LogP contribution in [0, 0.1) is 0 Å². The van der Waals surface area contributed by atoms with Crippen LogP contribution in [0.15, 0.2) is 65.6 Å². The Balaban J connectivity index is 2.37. The van der Waals surface area contributed by atoms with E-state index in [0.717, 1.165) is 5.56 Å². The molecule has 0 fully saturated rings. The summed E-state index contributed by atoms with van der Waals surface area (Å²) in [5.74, 6) is 0. The molecule has 2 aromatic rings. The van der Waals surface area contributed by atoms with Crippen LogP contribution in [0.25, 0.3) is 0 Å². The summed E-state index contributed by atoms with van der Waals surface area (Å²) in [5, 5.41) is 9.26. The molecule has 1 N–H and O–H groups in total. The predicted octanol–water partition coefficient (Wildman–Crippen LogP) is 2.43. The SMILES string of the molecule is CN(C(CCO)c1ccccc1)S(=O)(=O)c1ccccc1. The van der Waals surface area contributed by atoms with Crippen molar-refractivity contribution >= 4 is 10.0 Å².